The number of hydrogen-bond acceptors (Lipinski definition) is 6. The van der Waals surface area contributed by atoms with Gasteiger partial charge in [0.2, 0.25) is 5.91 Å². The van der Waals surface area contributed by atoms with Gasteiger partial charge in [0.1, 0.15) is 12.6 Å². The van der Waals surface area contributed by atoms with Crippen molar-refractivity contribution in [1.82, 2.24) is 4.90 Å². The number of β-lactam (4-membered cyclic amide) rings is 1. The molecule has 0 saturated carbocycles. The molecule has 2 fully saturated rings. The summed E-state index contributed by atoms with van der Waals surface area (Å²) in [5.74, 6) is 0.353. The first kappa shape index (κ1) is 19.4. The predicted octanol–water partition coefficient (Wildman–Crippen LogP) is 3.31. The van der Waals surface area contributed by atoms with Crippen molar-refractivity contribution >= 4 is 29.3 Å². The van der Waals surface area contributed by atoms with Crippen LogP contribution in [0.2, 0.25) is 0 Å². The van der Waals surface area contributed by atoms with Gasteiger partial charge in [-0.25, -0.2) is 4.79 Å². The Balaban J connectivity index is 1.39. The van der Waals surface area contributed by atoms with Gasteiger partial charge >= 0.3 is 5.97 Å². The highest BCUT2D eigenvalue weighted by molar-refractivity contribution is 7.99. The zero-order valence-corrected chi connectivity index (χ0v) is 16.4. The van der Waals surface area contributed by atoms with E-state index in [4.69, 9.17) is 4.74 Å². The molecular weight excluding hydrogens is 392 g/mol. The molecule has 4 rings (SSSR count). The number of rotatable bonds is 7. The van der Waals surface area contributed by atoms with Crippen LogP contribution in [0.4, 0.5) is 5.69 Å². The number of hydrogen-bond donors (Lipinski definition) is 0. The molecule has 0 N–H and O–H groups in total. The standard InChI is InChI=1S/C21H20N2O5S/c24-19-11-17-10-18(29-13-15-4-2-1-3-5-15)20(22(17)19)21(25)28-12-14-6-8-16(9-7-14)23(26)27/h1-9,17-18,20H,10-13H2/t17?,18-,20+/m1/s1. The Bertz CT molecular complexity index is 918. The summed E-state index contributed by atoms with van der Waals surface area (Å²) in [6, 6.07) is 15.5. The van der Waals surface area contributed by atoms with Crippen molar-refractivity contribution in [2.75, 3.05) is 0 Å². The molecule has 0 bridgehead atoms. The van der Waals surface area contributed by atoms with E-state index in [1.807, 2.05) is 30.3 Å². The van der Waals surface area contributed by atoms with Crippen molar-refractivity contribution in [3.63, 3.8) is 0 Å². The Morgan fingerprint density at radius 1 is 1.14 bits per heavy atom. The molecule has 1 amide bonds. The van der Waals surface area contributed by atoms with Crippen LogP contribution in [-0.4, -0.2) is 39.0 Å². The van der Waals surface area contributed by atoms with Crippen LogP contribution >= 0.6 is 11.8 Å². The number of thioether (sulfide) groups is 1. The lowest BCUT2D eigenvalue weighted by atomic mass is 10.0. The largest absolute Gasteiger partial charge is 0.459 e. The van der Waals surface area contributed by atoms with Gasteiger partial charge in [-0.3, -0.25) is 14.9 Å². The topological polar surface area (TPSA) is 89.7 Å². The number of nitro benzene ring substituents is 1. The number of amides is 1. The van der Waals surface area contributed by atoms with E-state index in [1.54, 1.807) is 28.8 Å². The van der Waals surface area contributed by atoms with Crippen LogP contribution in [0.3, 0.4) is 0 Å². The van der Waals surface area contributed by atoms with E-state index in [0.717, 1.165) is 12.2 Å². The smallest absolute Gasteiger partial charge is 0.330 e. The molecule has 2 aliphatic heterocycles. The first-order valence-electron chi connectivity index (χ1n) is 9.39. The van der Waals surface area contributed by atoms with Crippen LogP contribution < -0.4 is 0 Å². The molecule has 29 heavy (non-hydrogen) atoms. The van der Waals surface area contributed by atoms with Gasteiger partial charge in [0.05, 0.1) is 4.92 Å². The number of nitrogens with zero attached hydrogens (tertiary/aromatic N) is 2. The fraction of sp³-hybridized carbons (Fsp3) is 0.333. The number of ether oxygens (including phenoxy) is 1. The molecule has 0 spiro atoms. The van der Waals surface area contributed by atoms with E-state index in [9.17, 15) is 19.7 Å². The number of benzene rings is 2. The lowest BCUT2D eigenvalue weighted by Crippen LogP contribution is -2.55. The van der Waals surface area contributed by atoms with E-state index >= 15 is 0 Å². The number of nitro groups is 1. The van der Waals surface area contributed by atoms with Crippen molar-refractivity contribution in [2.45, 2.75) is 42.5 Å². The minimum Gasteiger partial charge on any atom is -0.459 e. The third kappa shape index (κ3) is 4.12. The Labute approximate surface area is 172 Å². The molecule has 150 valence electrons. The molecule has 0 radical (unpaired) electrons. The first-order valence-corrected chi connectivity index (χ1v) is 10.4. The van der Waals surface area contributed by atoms with E-state index < -0.39 is 16.9 Å². The maximum Gasteiger partial charge on any atom is 0.330 e. The Morgan fingerprint density at radius 2 is 1.86 bits per heavy atom. The molecule has 0 aromatic heterocycles. The third-order valence-electron chi connectivity index (χ3n) is 5.32. The van der Waals surface area contributed by atoms with Crippen molar-refractivity contribution < 1.29 is 19.2 Å². The summed E-state index contributed by atoms with van der Waals surface area (Å²) < 4.78 is 5.48. The fourth-order valence-electron chi connectivity index (χ4n) is 3.81. The molecule has 3 atom stereocenters. The molecule has 2 saturated heterocycles. The quantitative estimate of drug-likeness (QED) is 0.300. The summed E-state index contributed by atoms with van der Waals surface area (Å²) in [5.41, 5.74) is 1.83. The highest BCUT2D eigenvalue weighted by atomic mass is 32.2. The summed E-state index contributed by atoms with van der Waals surface area (Å²) in [7, 11) is 0. The highest BCUT2D eigenvalue weighted by Crippen LogP contribution is 2.42. The van der Waals surface area contributed by atoms with Gasteiger partial charge in [-0.15, -0.1) is 0 Å². The minimum absolute atomic E-state index is 0.00369. The van der Waals surface area contributed by atoms with Gasteiger partial charge in [-0.05, 0) is 29.7 Å². The summed E-state index contributed by atoms with van der Waals surface area (Å²) in [6.45, 7) is 0.0239. The maximum absolute atomic E-state index is 12.8. The van der Waals surface area contributed by atoms with Gasteiger partial charge in [0, 0.05) is 35.6 Å². The summed E-state index contributed by atoms with van der Waals surface area (Å²) in [4.78, 5) is 36.8. The fourth-order valence-corrected chi connectivity index (χ4v) is 5.19. The molecule has 2 aromatic rings. The second-order valence-electron chi connectivity index (χ2n) is 7.21. The molecule has 2 aromatic carbocycles. The number of carbonyl (C=O) groups is 2. The Kier molecular flexibility index (Phi) is 5.53. The van der Waals surface area contributed by atoms with Crippen LogP contribution in [0.1, 0.15) is 24.0 Å². The summed E-state index contributed by atoms with van der Waals surface area (Å²) in [6.07, 6.45) is 1.29. The van der Waals surface area contributed by atoms with E-state index in [0.29, 0.717) is 12.0 Å². The van der Waals surface area contributed by atoms with Crippen LogP contribution in [0.25, 0.3) is 0 Å². The van der Waals surface area contributed by atoms with E-state index in [1.165, 1.54) is 17.7 Å². The number of non-ortho nitro benzene ring substituents is 1. The molecule has 1 unspecified atom stereocenters. The first-order chi connectivity index (χ1) is 14.0. The Hall–Kier alpha value is -2.87. The average molecular weight is 412 g/mol. The summed E-state index contributed by atoms with van der Waals surface area (Å²) >= 11 is 1.68. The predicted molar refractivity (Wildman–Crippen MR) is 108 cm³/mol. The Morgan fingerprint density at radius 3 is 2.52 bits per heavy atom. The molecule has 2 aliphatic rings. The zero-order valence-electron chi connectivity index (χ0n) is 15.6. The van der Waals surface area contributed by atoms with Gasteiger partial charge in [0.25, 0.3) is 5.69 Å². The molecule has 8 heteroatoms. The molecule has 2 heterocycles. The lowest BCUT2D eigenvalue weighted by molar-refractivity contribution is -0.384. The number of esters is 1. The molecule has 0 aliphatic carbocycles. The molecular formula is C21H20N2O5S. The third-order valence-corrected chi connectivity index (χ3v) is 6.70. The van der Waals surface area contributed by atoms with Gasteiger partial charge in [0.15, 0.2) is 0 Å². The van der Waals surface area contributed by atoms with Crippen molar-refractivity contribution in [1.29, 1.82) is 0 Å². The van der Waals surface area contributed by atoms with Gasteiger partial charge in [-0.2, -0.15) is 11.8 Å². The van der Waals surface area contributed by atoms with Crippen LogP contribution in [-0.2, 0) is 26.7 Å². The summed E-state index contributed by atoms with van der Waals surface area (Å²) in [5, 5.41) is 10.7. The zero-order chi connectivity index (χ0) is 20.4. The average Bonchev–Trinajstić information content (AvgIpc) is 3.03. The molecule has 7 nitrogen and oxygen atoms in total. The van der Waals surface area contributed by atoms with Crippen LogP contribution in [0.15, 0.2) is 54.6 Å². The van der Waals surface area contributed by atoms with Crippen LogP contribution in [0.5, 0.6) is 0 Å². The monoisotopic (exact) mass is 412 g/mol. The van der Waals surface area contributed by atoms with Gasteiger partial charge < -0.3 is 9.64 Å². The normalized spacial score (nSPS) is 22.7. The second-order valence-corrected chi connectivity index (χ2v) is 8.43. The van der Waals surface area contributed by atoms with E-state index in [-0.39, 0.29) is 29.5 Å². The minimum atomic E-state index is -0.576. The second kappa shape index (κ2) is 8.24. The van der Waals surface area contributed by atoms with Crippen molar-refractivity contribution in [2.24, 2.45) is 0 Å². The van der Waals surface area contributed by atoms with E-state index in [2.05, 4.69) is 0 Å². The lowest BCUT2D eigenvalue weighted by Gasteiger charge is -2.37. The number of carbonyl (C=O) groups excluding carboxylic acids is 2. The van der Waals surface area contributed by atoms with Crippen molar-refractivity contribution in [3.05, 3.63) is 75.8 Å². The van der Waals surface area contributed by atoms with Crippen molar-refractivity contribution in [3.8, 4) is 0 Å². The maximum atomic E-state index is 12.8. The SMILES string of the molecule is O=C(OCc1ccc([N+](=O)[O-])cc1)[C@@H]1[C@H](SCc2ccccc2)CC2CC(=O)N21. The highest BCUT2D eigenvalue weighted by Gasteiger charge is 2.54. The number of fused-ring (bicyclic) bond motifs is 1. The van der Waals surface area contributed by atoms with Crippen LogP contribution in [0, 0.1) is 10.1 Å². The van der Waals surface area contributed by atoms with Gasteiger partial charge in [-0.1, -0.05) is 30.3 Å².